The third-order valence-electron chi connectivity index (χ3n) is 5.99. The molecule has 1 fully saturated rings. The summed E-state index contributed by atoms with van der Waals surface area (Å²) in [6.07, 6.45) is 1.87. The first-order chi connectivity index (χ1) is 15.9. The van der Waals surface area contributed by atoms with Crippen molar-refractivity contribution < 1.29 is 13.6 Å². The summed E-state index contributed by atoms with van der Waals surface area (Å²) in [5.41, 5.74) is 2.09. The molecule has 1 N–H and O–H groups in total. The number of hydrogen-bond acceptors (Lipinski definition) is 4. The van der Waals surface area contributed by atoms with Crippen LogP contribution in [-0.2, 0) is 6.54 Å². The number of fused-ring (bicyclic) bond motifs is 1. The Kier molecular flexibility index (Phi) is 5.32. The third kappa shape index (κ3) is 3.74. The second kappa shape index (κ2) is 8.19. The number of halogens is 2. The molecular weight excluding hydrogens is 444 g/mol. The zero-order valence-electron chi connectivity index (χ0n) is 18.1. The van der Waals surface area contributed by atoms with Gasteiger partial charge in [-0.25, -0.2) is 13.8 Å². The average molecular weight is 466 g/mol. The summed E-state index contributed by atoms with van der Waals surface area (Å²) < 4.78 is 30.4. The normalized spacial score (nSPS) is 13.5. The summed E-state index contributed by atoms with van der Waals surface area (Å²) in [7, 11) is 0. The van der Waals surface area contributed by atoms with Crippen LogP contribution in [0, 0.1) is 25.5 Å². The van der Waals surface area contributed by atoms with Crippen LogP contribution in [0.15, 0.2) is 46.6 Å². The maximum absolute atomic E-state index is 14.8. The molecule has 168 valence electrons. The Labute approximate surface area is 192 Å². The second-order valence-electron chi connectivity index (χ2n) is 8.30. The van der Waals surface area contributed by atoms with Crippen LogP contribution in [0.25, 0.3) is 15.9 Å². The maximum atomic E-state index is 14.8. The minimum Gasteiger partial charge on any atom is -0.348 e. The molecule has 1 saturated carbocycles. The Morgan fingerprint density at radius 1 is 1.15 bits per heavy atom. The van der Waals surface area contributed by atoms with Crippen LogP contribution in [0.1, 0.15) is 51.6 Å². The lowest BCUT2D eigenvalue weighted by Crippen LogP contribution is -2.30. The van der Waals surface area contributed by atoms with Crippen LogP contribution >= 0.6 is 11.3 Å². The molecule has 0 atom stereocenters. The van der Waals surface area contributed by atoms with E-state index in [0.717, 1.165) is 24.1 Å². The van der Waals surface area contributed by atoms with Gasteiger partial charge < -0.3 is 5.32 Å². The number of pyridine rings is 1. The fraction of sp³-hybridized carbons (Fsp3) is 0.240. The highest BCUT2D eigenvalue weighted by molar-refractivity contribution is 7.12. The molecule has 2 aromatic heterocycles. The van der Waals surface area contributed by atoms with Gasteiger partial charge in [-0.15, -0.1) is 11.3 Å². The quantitative estimate of drug-likeness (QED) is 0.443. The predicted molar refractivity (Wildman–Crippen MR) is 124 cm³/mol. The lowest BCUT2D eigenvalue weighted by atomic mass is 10.0. The van der Waals surface area contributed by atoms with Gasteiger partial charge in [0.25, 0.3) is 11.5 Å². The van der Waals surface area contributed by atoms with E-state index >= 15 is 0 Å². The fourth-order valence-electron chi connectivity index (χ4n) is 4.31. The van der Waals surface area contributed by atoms with Gasteiger partial charge in [-0.2, -0.15) is 0 Å². The molecule has 0 unspecified atom stereocenters. The molecule has 2 heterocycles. The van der Waals surface area contributed by atoms with E-state index in [1.54, 1.807) is 37.4 Å². The van der Waals surface area contributed by atoms with E-state index in [0.29, 0.717) is 16.4 Å². The van der Waals surface area contributed by atoms with Crippen molar-refractivity contribution in [1.29, 1.82) is 0 Å². The summed E-state index contributed by atoms with van der Waals surface area (Å²) in [5.74, 6) is -1.24. The number of nitrogens with zero attached hydrogens (tertiary/aromatic N) is 2. The average Bonchev–Trinajstić information content (AvgIpc) is 3.52. The van der Waals surface area contributed by atoms with Gasteiger partial charge in [0, 0.05) is 23.0 Å². The van der Waals surface area contributed by atoms with Crippen molar-refractivity contribution in [3.63, 3.8) is 0 Å². The highest BCUT2D eigenvalue weighted by Gasteiger charge is 2.29. The molecule has 1 aliphatic rings. The molecule has 1 amide bonds. The number of benzene rings is 2. The van der Waals surface area contributed by atoms with Crippen molar-refractivity contribution in [2.45, 2.75) is 39.2 Å². The molecular formula is C25H21F2N3O2S. The Morgan fingerprint density at radius 3 is 2.58 bits per heavy atom. The molecule has 5 rings (SSSR count). The Hall–Kier alpha value is -3.39. The molecule has 0 radical (unpaired) electrons. The minimum absolute atomic E-state index is 0.133. The van der Waals surface area contributed by atoms with Crippen LogP contribution in [0.3, 0.4) is 0 Å². The van der Waals surface area contributed by atoms with Crippen LogP contribution in [-0.4, -0.2) is 15.5 Å². The molecule has 1 aliphatic carbocycles. The van der Waals surface area contributed by atoms with Crippen LogP contribution in [0.4, 0.5) is 8.78 Å². The van der Waals surface area contributed by atoms with Crippen LogP contribution in [0.5, 0.6) is 0 Å². The van der Waals surface area contributed by atoms with E-state index in [-0.39, 0.29) is 34.6 Å². The summed E-state index contributed by atoms with van der Waals surface area (Å²) in [4.78, 5) is 31.0. The Balaban J connectivity index is 1.61. The maximum Gasteiger partial charge on any atom is 0.268 e. The van der Waals surface area contributed by atoms with Crippen molar-refractivity contribution in [1.82, 2.24) is 14.9 Å². The van der Waals surface area contributed by atoms with Crippen molar-refractivity contribution in [2.24, 2.45) is 0 Å². The molecule has 0 spiro atoms. The molecule has 0 bridgehead atoms. The molecule has 0 aliphatic heterocycles. The van der Waals surface area contributed by atoms with Gasteiger partial charge in [0.2, 0.25) is 0 Å². The largest absolute Gasteiger partial charge is 0.348 e. The van der Waals surface area contributed by atoms with E-state index in [4.69, 9.17) is 0 Å². The number of thiazole rings is 1. The van der Waals surface area contributed by atoms with Gasteiger partial charge >= 0.3 is 0 Å². The fourth-order valence-corrected chi connectivity index (χ4v) is 5.16. The van der Waals surface area contributed by atoms with Crippen molar-refractivity contribution in [3.05, 3.63) is 91.8 Å². The van der Waals surface area contributed by atoms with E-state index in [9.17, 15) is 18.4 Å². The SMILES string of the molecule is Cc1csc(-n2c(C)c(C(=O)NCc3cccc(F)c3C3CC3)c3cccc(F)c3c2=O)n1. The number of aromatic nitrogens is 2. The number of rotatable bonds is 5. The number of aryl methyl sites for hydroxylation is 1. The summed E-state index contributed by atoms with van der Waals surface area (Å²) in [6.45, 7) is 3.58. The highest BCUT2D eigenvalue weighted by Crippen LogP contribution is 2.43. The third-order valence-corrected chi connectivity index (χ3v) is 6.93. The smallest absolute Gasteiger partial charge is 0.268 e. The number of carbonyl (C=O) groups is 1. The van der Waals surface area contributed by atoms with E-state index < -0.39 is 17.3 Å². The zero-order valence-corrected chi connectivity index (χ0v) is 18.9. The van der Waals surface area contributed by atoms with Gasteiger partial charge in [-0.05, 0) is 55.9 Å². The first kappa shape index (κ1) is 21.5. The van der Waals surface area contributed by atoms with Gasteiger partial charge in [0.15, 0.2) is 5.13 Å². The predicted octanol–water partition coefficient (Wildman–Crippen LogP) is 5.15. The minimum atomic E-state index is -0.699. The first-order valence-electron chi connectivity index (χ1n) is 10.7. The lowest BCUT2D eigenvalue weighted by molar-refractivity contribution is 0.0951. The van der Waals surface area contributed by atoms with Crippen LogP contribution < -0.4 is 10.9 Å². The monoisotopic (exact) mass is 465 g/mol. The summed E-state index contributed by atoms with van der Waals surface area (Å²) in [5, 5.41) is 5.09. The highest BCUT2D eigenvalue weighted by atomic mass is 32.1. The van der Waals surface area contributed by atoms with E-state index in [1.165, 1.54) is 34.1 Å². The van der Waals surface area contributed by atoms with Gasteiger partial charge in [-0.1, -0.05) is 24.3 Å². The van der Waals surface area contributed by atoms with E-state index in [2.05, 4.69) is 10.3 Å². The lowest BCUT2D eigenvalue weighted by Gasteiger charge is -2.17. The summed E-state index contributed by atoms with van der Waals surface area (Å²) >= 11 is 1.25. The number of nitrogens with one attached hydrogen (secondary N) is 1. The topological polar surface area (TPSA) is 64.0 Å². The molecule has 4 aromatic rings. The van der Waals surface area contributed by atoms with Crippen LogP contribution in [0.2, 0.25) is 0 Å². The van der Waals surface area contributed by atoms with Gasteiger partial charge in [0.05, 0.1) is 16.6 Å². The van der Waals surface area contributed by atoms with Crippen molar-refractivity contribution in [2.75, 3.05) is 0 Å². The van der Waals surface area contributed by atoms with Crippen molar-refractivity contribution in [3.8, 4) is 5.13 Å². The molecule has 2 aromatic carbocycles. The van der Waals surface area contributed by atoms with Gasteiger partial charge in [0.1, 0.15) is 11.6 Å². The molecule has 33 heavy (non-hydrogen) atoms. The number of hydrogen-bond donors (Lipinski definition) is 1. The van der Waals surface area contributed by atoms with E-state index in [1.807, 2.05) is 0 Å². The van der Waals surface area contributed by atoms with Crippen molar-refractivity contribution >= 4 is 28.0 Å². The molecule has 5 nitrogen and oxygen atoms in total. The summed E-state index contributed by atoms with van der Waals surface area (Å²) in [6, 6.07) is 9.11. The zero-order chi connectivity index (χ0) is 23.3. The Morgan fingerprint density at radius 2 is 1.88 bits per heavy atom. The Bertz CT molecular complexity index is 1470. The second-order valence-corrected chi connectivity index (χ2v) is 9.14. The molecule has 8 heteroatoms. The number of amides is 1. The van der Waals surface area contributed by atoms with Gasteiger partial charge in [-0.3, -0.25) is 14.2 Å². The number of carbonyl (C=O) groups excluding carboxylic acids is 1. The first-order valence-corrected chi connectivity index (χ1v) is 11.6. The molecule has 0 saturated heterocycles. The standard InChI is InChI=1S/C25H21F2N3O2S/c1-13-12-33-25(29-13)30-14(2)20(17-6-4-8-19(27)22(17)24(30)32)23(31)28-11-16-5-3-7-18(26)21(16)15-9-10-15/h3-8,12,15H,9-11H2,1-2H3,(H,28,31).